The summed E-state index contributed by atoms with van der Waals surface area (Å²) in [5.74, 6) is -0.732. The standard InChI is InChI=1S/C21H25FN2O4S/c1-3-28-21(25)18-6-10-20(11-7-18)29(26,27)24-14-12-23(13-15-24)16(2)17-4-8-19(22)9-5-17/h4-11,16H,3,12-15H2,1-2H3/p+1/t16-/m0/s1. The van der Waals surface area contributed by atoms with Gasteiger partial charge in [0, 0.05) is 5.56 Å². The molecule has 1 atom stereocenters. The fourth-order valence-corrected chi connectivity index (χ4v) is 5.00. The molecule has 0 spiro atoms. The zero-order chi connectivity index (χ0) is 21.0. The number of carbonyl (C=O) groups is 1. The number of benzene rings is 2. The van der Waals surface area contributed by atoms with Crippen molar-refractivity contribution in [3.05, 3.63) is 65.5 Å². The first-order valence-corrected chi connectivity index (χ1v) is 11.1. The zero-order valence-electron chi connectivity index (χ0n) is 16.6. The van der Waals surface area contributed by atoms with E-state index in [2.05, 4.69) is 6.92 Å². The Morgan fingerprint density at radius 3 is 2.24 bits per heavy atom. The first kappa shape index (κ1) is 21.4. The Kier molecular flexibility index (Phi) is 6.66. The van der Waals surface area contributed by atoms with Crippen LogP contribution in [0.3, 0.4) is 0 Å². The predicted octanol–water partition coefficient (Wildman–Crippen LogP) is 1.65. The van der Waals surface area contributed by atoms with E-state index in [0.29, 0.717) is 31.7 Å². The van der Waals surface area contributed by atoms with Gasteiger partial charge in [0.1, 0.15) is 11.9 Å². The lowest BCUT2D eigenvalue weighted by atomic mass is 10.1. The summed E-state index contributed by atoms with van der Waals surface area (Å²) in [6.45, 7) is 6.20. The SMILES string of the molecule is CCOC(=O)c1ccc(S(=O)(=O)N2CC[NH+]([C@@H](C)c3ccc(F)cc3)CC2)cc1. The molecule has 0 aromatic heterocycles. The Morgan fingerprint density at radius 1 is 1.10 bits per heavy atom. The minimum Gasteiger partial charge on any atom is -0.462 e. The molecular formula is C21H26FN2O4S+. The molecule has 2 aromatic rings. The van der Waals surface area contributed by atoms with Gasteiger partial charge in [-0.1, -0.05) is 12.1 Å². The topological polar surface area (TPSA) is 68.1 Å². The van der Waals surface area contributed by atoms with Crippen LogP contribution >= 0.6 is 0 Å². The summed E-state index contributed by atoms with van der Waals surface area (Å²) in [4.78, 5) is 13.2. The molecule has 1 fully saturated rings. The van der Waals surface area contributed by atoms with Crippen LogP contribution in [0.25, 0.3) is 0 Å². The van der Waals surface area contributed by atoms with E-state index in [1.54, 1.807) is 19.1 Å². The molecule has 1 N–H and O–H groups in total. The molecule has 156 valence electrons. The first-order chi connectivity index (χ1) is 13.8. The van der Waals surface area contributed by atoms with E-state index in [9.17, 15) is 17.6 Å². The van der Waals surface area contributed by atoms with Gasteiger partial charge in [0.05, 0.1) is 43.2 Å². The molecule has 2 aromatic carbocycles. The van der Waals surface area contributed by atoms with Gasteiger partial charge in [0.25, 0.3) is 0 Å². The Morgan fingerprint density at radius 2 is 1.69 bits per heavy atom. The number of halogens is 1. The van der Waals surface area contributed by atoms with Crippen molar-refractivity contribution >= 4 is 16.0 Å². The lowest BCUT2D eigenvalue weighted by Gasteiger charge is -2.35. The maximum absolute atomic E-state index is 13.1. The summed E-state index contributed by atoms with van der Waals surface area (Å²) in [5.41, 5.74) is 1.36. The molecule has 0 radical (unpaired) electrons. The summed E-state index contributed by atoms with van der Waals surface area (Å²) in [6, 6.07) is 12.5. The first-order valence-electron chi connectivity index (χ1n) is 9.70. The van der Waals surface area contributed by atoms with E-state index in [1.165, 1.54) is 45.6 Å². The second-order valence-corrected chi connectivity index (χ2v) is 9.02. The molecule has 3 rings (SSSR count). The van der Waals surface area contributed by atoms with Crippen molar-refractivity contribution < 1.29 is 27.2 Å². The van der Waals surface area contributed by atoms with Crippen molar-refractivity contribution in [1.29, 1.82) is 0 Å². The molecule has 0 bridgehead atoms. The fourth-order valence-electron chi connectivity index (χ4n) is 3.56. The third-order valence-electron chi connectivity index (χ3n) is 5.35. The monoisotopic (exact) mass is 421 g/mol. The van der Waals surface area contributed by atoms with E-state index in [1.807, 2.05) is 0 Å². The van der Waals surface area contributed by atoms with Crippen LogP contribution in [-0.2, 0) is 14.8 Å². The Labute approximate surface area is 170 Å². The van der Waals surface area contributed by atoms with Gasteiger partial charge < -0.3 is 9.64 Å². The minimum atomic E-state index is -3.62. The third-order valence-corrected chi connectivity index (χ3v) is 7.26. The van der Waals surface area contributed by atoms with E-state index < -0.39 is 16.0 Å². The highest BCUT2D eigenvalue weighted by molar-refractivity contribution is 7.89. The number of ether oxygens (including phenoxy) is 1. The minimum absolute atomic E-state index is 0.157. The average molecular weight is 422 g/mol. The number of piperazine rings is 1. The maximum atomic E-state index is 13.1. The van der Waals surface area contributed by atoms with Crippen LogP contribution in [0.1, 0.15) is 35.8 Å². The van der Waals surface area contributed by atoms with Crippen molar-refractivity contribution in [1.82, 2.24) is 4.31 Å². The van der Waals surface area contributed by atoms with Gasteiger partial charge in [-0.05, 0) is 50.2 Å². The van der Waals surface area contributed by atoms with Crippen LogP contribution in [0.4, 0.5) is 4.39 Å². The van der Waals surface area contributed by atoms with E-state index in [4.69, 9.17) is 4.74 Å². The molecule has 6 nitrogen and oxygen atoms in total. The van der Waals surface area contributed by atoms with Crippen LogP contribution in [0, 0.1) is 5.82 Å². The lowest BCUT2D eigenvalue weighted by Crippen LogP contribution is -3.14. The predicted molar refractivity (Wildman–Crippen MR) is 107 cm³/mol. The van der Waals surface area contributed by atoms with Gasteiger partial charge in [0.15, 0.2) is 0 Å². The van der Waals surface area contributed by atoms with Gasteiger partial charge in [-0.25, -0.2) is 17.6 Å². The summed E-state index contributed by atoms with van der Waals surface area (Å²) in [5, 5.41) is 0. The lowest BCUT2D eigenvalue weighted by molar-refractivity contribution is -0.933. The van der Waals surface area contributed by atoms with Crippen LogP contribution in [-0.4, -0.2) is 51.5 Å². The second-order valence-electron chi connectivity index (χ2n) is 7.08. The number of quaternary nitrogens is 1. The normalized spacial score (nSPS) is 17.1. The number of hydrogen-bond acceptors (Lipinski definition) is 4. The second kappa shape index (κ2) is 9.02. The van der Waals surface area contributed by atoms with Gasteiger partial charge in [-0.3, -0.25) is 0 Å². The summed E-state index contributed by atoms with van der Waals surface area (Å²) >= 11 is 0. The number of hydrogen-bond donors (Lipinski definition) is 1. The third kappa shape index (κ3) is 4.83. The largest absolute Gasteiger partial charge is 0.462 e. The van der Waals surface area contributed by atoms with Crippen molar-refractivity contribution in [2.45, 2.75) is 24.8 Å². The van der Waals surface area contributed by atoms with Crippen LogP contribution in [0.2, 0.25) is 0 Å². The quantitative estimate of drug-likeness (QED) is 0.721. The molecule has 0 amide bonds. The molecule has 1 aliphatic heterocycles. The zero-order valence-corrected chi connectivity index (χ0v) is 17.4. The van der Waals surface area contributed by atoms with E-state index in [0.717, 1.165) is 5.56 Å². The molecule has 1 saturated heterocycles. The molecule has 0 saturated carbocycles. The molecule has 1 aliphatic rings. The average Bonchev–Trinajstić information content (AvgIpc) is 2.74. The number of rotatable bonds is 6. The van der Waals surface area contributed by atoms with Gasteiger partial charge in [-0.15, -0.1) is 0 Å². The van der Waals surface area contributed by atoms with Gasteiger partial charge >= 0.3 is 5.97 Å². The van der Waals surface area contributed by atoms with Crippen molar-refractivity contribution in [3.63, 3.8) is 0 Å². The number of carbonyl (C=O) groups excluding carboxylic acids is 1. The van der Waals surface area contributed by atoms with Gasteiger partial charge in [-0.2, -0.15) is 4.31 Å². The Hall–Kier alpha value is -2.29. The van der Waals surface area contributed by atoms with Gasteiger partial charge in [0.2, 0.25) is 10.0 Å². The highest BCUT2D eigenvalue weighted by Crippen LogP contribution is 2.18. The van der Waals surface area contributed by atoms with E-state index >= 15 is 0 Å². The van der Waals surface area contributed by atoms with Crippen LogP contribution in [0.15, 0.2) is 53.4 Å². The van der Waals surface area contributed by atoms with Crippen LogP contribution in [0.5, 0.6) is 0 Å². The number of esters is 1. The highest BCUT2D eigenvalue weighted by Gasteiger charge is 2.32. The molecular weight excluding hydrogens is 395 g/mol. The fraction of sp³-hybridized carbons (Fsp3) is 0.381. The summed E-state index contributed by atoms with van der Waals surface area (Å²) in [6.07, 6.45) is 0. The molecule has 8 heteroatoms. The number of nitrogens with zero attached hydrogens (tertiary/aromatic N) is 1. The molecule has 0 aliphatic carbocycles. The Balaban J connectivity index is 1.64. The molecule has 0 unspecified atom stereocenters. The summed E-state index contributed by atoms with van der Waals surface area (Å²) in [7, 11) is -3.62. The number of sulfonamides is 1. The molecule has 1 heterocycles. The summed E-state index contributed by atoms with van der Waals surface area (Å²) < 4.78 is 45.4. The highest BCUT2D eigenvalue weighted by atomic mass is 32.2. The van der Waals surface area contributed by atoms with Crippen molar-refractivity contribution in [2.75, 3.05) is 32.8 Å². The number of nitrogens with one attached hydrogen (secondary N) is 1. The van der Waals surface area contributed by atoms with Crippen LogP contribution < -0.4 is 4.90 Å². The van der Waals surface area contributed by atoms with Crippen molar-refractivity contribution in [2.24, 2.45) is 0 Å². The smallest absolute Gasteiger partial charge is 0.338 e. The Bertz CT molecular complexity index is 938. The molecule has 29 heavy (non-hydrogen) atoms. The maximum Gasteiger partial charge on any atom is 0.338 e. The van der Waals surface area contributed by atoms with Crippen molar-refractivity contribution in [3.8, 4) is 0 Å². The van der Waals surface area contributed by atoms with E-state index in [-0.39, 0.29) is 23.4 Å².